The SMILES string of the molecule is [CH2]CCCN(C)Cc1ccc2ccccc2c1. The molecule has 0 fully saturated rings. The lowest BCUT2D eigenvalue weighted by Crippen LogP contribution is -2.18. The number of unbranched alkanes of at least 4 members (excludes halogenated alkanes) is 1. The predicted molar refractivity (Wildman–Crippen MR) is 74.9 cm³/mol. The number of rotatable bonds is 5. The van der Waals surface area contributed by atoms with E-state index in [0.717, 1.165) is 19.5 Å². The molecule has 0 aliphatic rings. The molecule has 0 saturated heterocycles. The van der Waals surface area contributed by atoms with Crippen LogP contribution >= 0.6 is 0 Å². The third kappa shape index (κ3) is 3.31. The van der Waals surface area contributed by atoms with Crippen molar-refractivity contribution < 1.29 is 0 Å². The second-order valence-corrected chi connectivity index (χ2v) is 4.63. The standard InChI is InChI=1S/C16H20N/c1-3-4-11-17(2)13-14-9-10-15-7-5-6-8-16(15)12-14/h5-10,12H,1,3-4,11,13H2,2H3. The molecule has 0 heterocycles. The van der Waals surface area contributed by atoms with E-state index in [1.165, 1.54) is 22.8 Å². The molecule has 0 spiro atoms. The van der Waals surface area contributed by atoms with Gasteiger partial charge in [0.1, 0.15) is 0 Å². The highest BCUT2D eigenvalue weighted by Crippen LogP contribution is 2.16. The summed E-state index contributed by atoms with van der Waals surface area (Å²) in [6.07, 6.45) is 2.19. The molecule has 89 valence electrons. The molecule has 1 radical (unpaired) electrons. The molecular formula is C16H20N. The first-order chi connectivity index (χ1) is 8.29. The van der Waals surface area contributed by atoms with Crippen molar-refractivity contribution in [1.82, 2.24) is 4.90 Å². The van der Waals surface area contributed by atoms with Crippen LogP contribution in [0.5, 0.6) is 0 Å². The Balaban J connectivity index is 2.08. The van der Waals surface area contributed by atoms with E-state index in [1.54, 1.807) is 0 Å². The van der Waals surface area contributed by atoms with Crippen LogP contribution < -0.4 is 0 Å². The Morgan fingerprint density at radius 2 is 1.82 bits per heavy atom. The van der Waals surface area contributed by atoms with Crippen LogP contribution in [0.25, 0.3) is 10.8 Å². The maximum absolute atomic E-state index is 3.88. The van der Waals surface area contributed by atoms with E-state index in [1.807, 2.05) is 0 Å². The first-order valence-electron chi connectivity index (χ1n) is 6.25. The summed E-state index contributed by atoms with van der Waals surface area (Å²) in [5.74, 6) is 0. The van der Waals surface area contributed by atoms with Crippen molar-refractivity contribution in [1.29, 1.82) is 0 Å². The van der Waals surface area contributed by atoms with Crippen LogP contribution in [-0.2, 0) is 6.54 Å². The highest BCUT2D eigenvalue weighted by atomic mass is 15.1. The number of benzene rings is 2. The number of hydrogen-bond donors (Lipinski definition) is 0. The zero-order chi connectivity index (χ0) is 12.1. The van der Waals surface area contributed by atoms with Gasteiger partial charge in [-0.3, -0.25) is 0 Å². The van der Waals surface area contributed by atoms with Crippen molar-refractivity contribution in [3.05, 3.63) is 55.0 Å². The number of hydrogen-bond acceptors (Lipinski definition) is 1. The van der Waals surface area contributed by atoms with Crippen molar-refractivity contribution in [3.8, 4) is 0 Å². The van der Waals surface area contributed by atoms with Crippen LogP contribution in [-0.4, -0.2) is 18.5 Å². The smallest absolute Gasteiger partial charge is 0.0230 e. The van der Waals surface area contributed by atoms with Gasteiger partial charge in [0.05, 0.1) is 0 Å². The third-order valence-electron chi connectivity index (χ3n) is 3.06. The predicted octanol–water partition coefficient (Wildman–Crippen LogP) is 3.89. The Morgan fingerprint density at radius 3 is 2.59 bits per heavy atom. The maximum Gasteiger partial charge on any atom is 0.0230 e. The molecule has 0 amide bonds. The van der Waals surface area contributed by atoms with Crippen molar-refractivity contribution in [3.63, 3.8) is 0 Å². The van der Waals surface area contributed by atoms with Crippen molar-refractivity contribution in [2.45, 2.75) is 19.4 Å². The minimum absolute atomic E-state index is 1.02. The summed E-state index contributed by atoms with van der Waals surface area (Å²) in [5.41, 5.74) is 1.38. The van der Waals surface area contributed by atoms with Crippen molar-refractivity contribution >= 4 is 10.8 Å². The Morgan fingerprint density at radius 1 is 1.06 bits per heavy atom. The quantitative estimate of drug-likeness (QED) is 0.747. The van der Waals surface area contributed by atoms with Gasteiger partial charge in [0.15, 0.2) is 0 Å². The summed E-state index contributed by atoms with van der Waals surface area (Å²) >= 11 is 0. The summed E-state index contributed by atoms with van der Waals surface area (Å²) in [6.45, 7) is 6.02. The lowest BCUT2D eigenvalue weighted by Gasteiger charge is -2.16. The fourth-order valence-electron chi connectivity index (χ4n) is 2.11. The Bertz CT molecular complexity index is 476. The molecule has 2 aromatic rings. The minimum atomic E-state index is 1.02. The highest BCUT2D eigenvalue weighted by Gasteiger charge is 2.00. The van der Waals surface area contributed by atoms with Crippen LogP contribution in [0.4, 0.5) is 0 Å². The zero-order valence-corrected chi connectivity index (χ0v) is 10.5. The van der Waals surface area contributed by atoms with Crippen molar-refractivity contribution in [2.24, 2.45) is 0 Å². The zero-order valence-electron chi connectivity index (χ0n) is 10.5. The molecule has 2 rings (SSSR count). The van der Waals surface area contributed by atoms with Gasteiger partial charge in [-0.2, -0.15) is 0 Å². The van der Waals surface area contributed by atoms with Crippen LogP contribution in [0.3, 0.4) is 0 Å². The first-order valence-corrected chi connectivity index (χ1v) is 6.25. The van der Waals surface area contributed by atoms with Gasteiger partial charge in [0, 0.05) is 6.54 Å². The highest BCUT2D eigenvalue weighted by molar-refractivity contribution is 5.82. The van der Waals surface area contributed by atoms with Crippen LogP contribution in [0.2, 0.25) is 0 Å². The summed E-state index contributed by atoms with van der Waals surface area (Å²) in [6, 6.07) is 15.2. The number of nitrogens with zero attached hydrogens (tertiary/aromatic N) is 1. The maximum atomic E-state index is 3.88. The molecule has 0 aliphatic carbocycles. The van der Waals surface area contributed by atoms with Gasteiger partial charge in [0.25, 0.3) is 0 Å². The second-order valence-electron chi connectivity index (χ2n) is 4.63. The van der Waals surface area contributed by atoms with E-state index < -0.39 is 0 Å². The molecule has 0 aliphatic heterocycles. The molecule has 17 heavy (non-hydrogen) atoms. The van der Waals surface area contributed by atoms with Crippen LogP contribution in [0.1, 0.15) is 18.4 Å². The molecule has 0 atom stereocenters. The molecule has 2 aromatic carbocycles. The average Bonchev–Trinajstić information content (AvgIpc) is 2.36. The van der Waals surface area contributed by atoms with Gasteiger partial charge in [-0.15, -0.1) is 0 Å². The van der Waals surface area contributed by atoms with Crippen molar-refractivity contribution in [2.75, 3.05) is 13.6 Å². The normalized spacial score (nSPS) is 11.2. The summed E-state index contributed by atoms with van der Waals surface area (Å²) in [4.78, 5) is 2.36. The van der Waals surface area contributed by atoms with Gasteiger partial charge >= 0.3 is 0 Å². The molecule has 0 unspecified atom stereocenters. The van der Waals surface area contributed by atoms with Gasteiger partial charge in [-0.05, 0) is 42.4 Å². The Kier molecular flexibility index (Phi) is 4.16. The molecule has 0 saturated carbocycles. The monoisotopic (exact) mass is 226 g/mol. The Hall–Kier alpha value is -1.34. The van der Waals surface area contributed by atoms with E-state index in [2.05, 4.69) is 61.3 Å². The molecule has 0 N–H and O–H groups in total. The summed E-state index contributed by atoms with van der Waals surface area (Å²) in [5, 5.41) is 2.65. The second kappa shape index (κ2) is 5.83. The van der Waals surface area contributed by atoms with Crippen LogP contribution in [0, 0.1) is 6.92 Å². The fourth-order valence-corrected chi connectivity index (χ4v) is 2.11. The van der Waals surface area contributed by atoms with Gasteiger partial charge < -0.3 is 4.90 Å². The lowest BCUT2D eigenvalue weighted by molar-refractivity contribution is 0.323. The lowest BCUT2D eigenvalue weighted by atomic mass is 10.1. The molecule has 0 bridgehead atoms. The van der Waals surface area contributed by atoms with Crippen LogP contribution in [0.15, 0.2) is 42.5 Å². The molecule has 0 aromatic heterocycles. The van der Waals surface area contributed by atoms with E-state index in [-0.39, 0.29) is 0 Å². The van der Waals surface area contributed by atoms with E-state index >= 15 is 0 Å². The van der Waals surface area contributed by atoms with E-state index in [9.17, 15) is 0 Å². The topological polar surface area (TPSA) is 3.24 Å². The van der Waals surface area contributed by atoms with Gasteiger partial charge in [-0.1, -0.05) is 49.7 Å². The number of fused-ring (bicyclic) bond motifs is 1. The molecule has 1 heteroatoms. The minimum Gasteiger partial charge on any atom is -0.302 e. The Labute approximate surface area is 104 Å². The fraction of sp³-hybridized carbons (Fsp3) is 0.312. The average molecular weight is 226 g/mol. The molecular weight excluding hydrogens is 206 g/mol. The van der Waals surface area contributed by atoms with Gasteiger partial charge in [0.2, 0.25) is 0 Å². The largest absolute Gasteiger partial charge is 0.302 e. The summed E-state index contributed by atoms with van der Waals surface area (Å²) < 4.78 is 0. The first kappa shape index (κ1) is 12.1. The summed E-state index contributed by atoms with van der Waals surface area (Å²) in [7, 11) is 2.17. The van der Waals surface area contributed by atoms with Gasteiger partial charge in [-0.25, -0.2) is 0 Å². The third-order valence-corrected chi connectivity index (χ3v) is 3.06. The van der Waals surface area contributed by atoms with E-state index in [4.69, 9.17) is 0 Å². The van der Waals surface area contributed by atoms with E-state index in [0.29, 0.717) is 0 Å². The molecule has 1 nitrogen and oxygen atoms in total.